The zero-order chi connectivity index (χ0) is 12.8. The minimum atomic E-state index is 0.378. The summed E-state index contributed by atoms with van der Waals surface area (Å²) in [7, 11) is 0. The highest BCUT2D eigenvalue weighted by Gasteiger charge is 2.12. The SMILES string of the molecule is CC(C)n1cc(OCCNC2CCOCC2)cn1. The molecule has 0 aliphatic carbocycles. The molecule has 1 aromatic rings. The van der Waals surface area contributed by atoms with E-state index in [1.807, 2.05) is 10.9 Å². The first-order valence-electron chi connectivity index (χ1n) is 6.74. The lowest BCUT2D eigenvalue weighted by Gasteiger charge is -2.23. The number of ether oxygens (including phenoxy) is 2. The Morgan fingerprint density at radius 3 is 2.94 bits per heavy atom. The van der Waals surface area contributed by atoms with Gasteiger partial charge in [-0.3, -0.25) is 4.68 Å². The van der Waals surface area contributed by atoms with Gasteiger partial charge in [-0.1, -0.05) is 0 Å². The molecule has 0 amide bonds. The van der Waals surface area contributed by atoms with Crippen LogP contribution in [-0.4, -0.2) is 42.2 Å². The number of nitrogens with one attached hydrogen (secondary N) is 1. The molecular formula is C13H23N3O2. The molecule has 0 atom stereocenters. The maximum absolute atomic E-state index is 5.65. The molecule has 18 heavy (non-hydrogen) atoms. The monoisotopic (exact) mass is 253 g/mol. The second-order valence-corrected chi connectivity index (χ2v) is 4.94. The van der Waals surface area contributed by atoms with Crippen LogP contribution in [0.15, 0.2) is 12.4 Å². The molecule has 5 nitrogen and oxygen atoms in total. The van der Waals surface area contributed by atoms with Crippen LogP contribution in [0.5, 0.6) is 5.75 Å². The van der Waals surface area contributed by atoms with Crippen molar-refractivity contribution in [2.45, 2.75) is 38.8 Å². The molecule has 0 unspecified atom stereocenters. The van der Waals surface area contributed by atoms with E-state index in [2.05, 4.69) is 24.3 Å². The Bertz CT molecular complexity index is 346. The second-order valence-electron chi connectivity index (χ2n) is 4.94. The first-order valence-corrected chi connectivity index (χ1v) is 6.74. The summed E-state index contributed by atoms with van der Waals surface area (Å²) in [5.41, 5.74) is 0. The predicted octanol–water partition coefficient (Wildman–Crippen LogP) is 1.61. The van der Waals surface area contributed by atoms with Crippen LogP contribution in [0.2, 0.25) is 0 Å². The Morgan fingerprint density at radius 2 is 2.28 bits per heavy atom. The molecule has 0 saturated carbocycles. The lowest BCUT2D eigenvalue weighted by atomic mass is 10.1. The summed E-state index contributed by atoms with van der Waals surface area (Å²) in [6, 6.07) is 0.962. The summed E-state index contributed by atoms with van der Waals surface area (Å²) in [5, 5.41) is 7.73. The first kappa shape index (κ1) is 13.4. The van der Waals surface area contributed by atoms with Crippen LogP contribution < -0.4 is 10.1 Å². The molecule has 102 valence electrons. The Balaban J connectivity index is 1.62. The Kier molecular flexibility index (Phi) is 5.01. The van der Waals surface area contributed by atoms with E-state index >= 15 is 0 Å². The van der Waals surface area contributed by atoms with Gasteiger partial charge >= 0.3 is 0 Å². The van der Waals surface area contributed by atoms with Gasteiger partial charge in [-0.2, -0.15) is 5.10 Å². The summed E-state index contributed by atoms with van der Waals surface area (Å²) in [6.45, 7) is 7.50. The van der Waals surface area contributed by atoms with Crippen molar-refractivity contribution in [3.8, 4) is 5.75 Å². The zero-order valence-electron chi connectivity index (χ0n) is 11.3. The summed E-state index contributed by atoms with van der Waals surface area (Å²) in [4.78, 5) is 0. The van der Waals surface area contributed by atoms with Crippen molar-refractivity contribution in [2.24, 2.45) is 0 Å². The Morgan fingerprint density at radius 1 is 1.50 bits per heavy atom. The van der Waals surface area contributed by atoms with Gasteiger partial charge in [-0.25, -0.2) is 0 Å². The lowest BCUT2D eigenvalue weighted by molar-refractivity contribution is 0.0770. The molecule has 0 spiro atoms. The summed E-state index contributed by atoms with van der Waals surface area (Å²) in [6.07, 6.45) is 5.92. The molecule has 2 rings (SSSR count). The fraction of sp³-hybridized carbons (Fsp3) is 0.769. The van der Waals surface area contributed by atoms with Crippen LogP contribution in [0.1, 0.15) is 32.7 Å². The zero-order valence-corrected chi connectivity index (χ0v) is 11.3. The van der Waals surface area contributed by atoms with Crippen LogP contribution in [0, 0.1) is 0 Å². The van der Waals surface area contributed by atoms with Crippen molar-refractivity contribution >= 4 is 0 Å². The number of rotatable bonds is 6. The van der Waals surface area contributed by atoms with Crippen LogP contribution >= 0.6 is 0 Å². The molecule has 1 N–H and O–H groups in total. The molecular weight excluding hydrogens is 230 g/mol. The van der Waals surface area contributed by atoms with E-state index in [9.17, 15) is 0 Å². The molecule has 0 radical (unpaired) electrons. The van der Waals surface area contributed by atoms with Gasteiger partial charge in [0.1, 0.15) is 6.61 Å². The van der Waals surface area contributed by atoms with Crippen molar-refractivity contribution in [3.05, 3.63) is 12.4 Å². The largest absolute Gasteiger partial charge is 0.489 e. The highest BCUT2D eigenvalue weighted by molar-refractivity contribution is 5.11. The molecule has 1 aromatic heterocycles. The topological polar surface area (TPSA) is 48.3 Å². The number of aromatic nitrogens is 2. The molecule has 0 bridgehead atoms. The molecule has 1 aliphatic heterocycles. The van der Waals surface area contributed by atoms with Gasteiger partial charge < -0.3 is 14.8 Å². The van der Waals surface area contributed by atoms with Gasteiger partial charge in [0.2, 0.25) is 0 Å². The maximum Gasteiger partial charge on any atom is 0.157 e. The first-order chi connectivity index (χ1) is 8.75. The van der Waals surface area contributed by atoms with Crippen molar-refractivity contribution in [1.29, 1.82) is 0 Å². The predicted molar refractivity (Wildman–Crippen MR) is 70.0 cm³/mol. The number of hydrogen-bond acceptors (Lipinski definition) is 4. The minimum absolute atomic E-state index is 0.378. The third-order valence-electron chi connectivity index (χ3n) is 3.13. The van der Waals surface area contributed by atoms with Gasteiger partial charge in [-0.05, 0) is 26.7 Å². The lowest BCUT2D eigenvalue weighted by Crippen LogP contribution is -2.37. The van der Waals surface area contributed by atoms with E-state index < -0.39 is 0 Å². The fourth-order valence-corrected chi connectivity index (χ4v) is 2.01. The minimum Gasteiger partial charge on any atom is -0.489 e. The second kappa shape index (κ2) is 6.75. The summed E-state index contributed by atoms with van der Waals surface area (Å²) >= 11 is 0. The van der Waals surface area contributed by atoms with E-state index in [1.54, 1.807) is 6.20 Å². The van der Waals surface area contributed by atoms with Crippen LogP contribution in [0.3, 0.4) is 0 Å². The van der Waals surface area contributed by atoms with E-state index in [-0.39, 0.29) is 0 Å². The number of hydrogen-bond donors (Lipinski definition) is 1. The molecule has 1 aliphatic rings. The van der Waals surface area contributed by atoms with Crippen molar-refractivity contribution in [3.63, 3.8) is 0 Å². The quantitative estimate of drug-likeness (QED) is 0.783. The maximum atomic E-state index is 5.65. The van der Waals surface area contributed by atoms with Gasteiger partial charge in [0.15, 0.2) is 5.75 Å². The fourth-order valence-electron chi connectivity index (χ4n) is 2.01. The van der Waals surface area contributed by atoms with E-state index in [1.165, 1.54) is 0 Å². The molecule has 0 aromatic carbocycles. The van der Waals surface area contributed by atoms with Crippen LogP contribution in [-0.2, 0) is 4.74 Å². The molecule has 1 fully saturated rings. The van der Waals surface area contributed by atoms with Gasteiger partial charge in [0.05, 0.1) is 12.4 Å². The third kappa shape index (κ3) is 3.99. The smallest absolute Gasteiger partial charge is 0.157 e. The molecule has 1 saturated heterocycles. The van der Waals surface area contributed by atoms with Gasteiger partial charge in [-0.15, -0.1) is 0 Å². The molecule has 5 heteroatoms. The Labute approximate surface area is 108 Å². The van der Waals surface area contributed by atoms with Gasteiger partial charge in [0.25, 0.3) is 0 Å². The average molecular weight is 253 g/mol. The Hall–Kier alpha value is -1.07. The standard InChI is InChI=1S/C13H23N3O2/c1-11(2)16-10-13(9-15-16)18-8-5-14-12-3-6-17-7-4-12/h9-12,14H,3-8H2,1-2H3. The van der Waals surface area contributed by atoms with Crippen LogP contribution in [0.4, 0.5) is 0 Å². The summed E-state index contributed by atoms with van der Waals surface area (Å²) in [5.74, 6) is 0.845. The molecule has 2 heterocycles. The van der Waals surface area contributed by atoms with E-state index in [4.69, 9.17) is 9.47 Å². The highest BCUT2D eigenvalue weighted by atomic mass is 16.5. The highest BCUT2D eigenvalue weighted by Crippen LogP contribution is 2.12. The average Bonchev–Trinajstić information content (AvgIpc) is 2.85. The normalized spacial score (nSPS) is 17.3. The summed E-state index contributed by atoms with van der Waals surface area (Å²) < 4.78 is 12.9. The van der Waals surface area contributed by atoms with E-state index in [0.29, 0.717) is 18.7 Å². The van der Waals surface area contributed by atoms with Crippen molar-refractivity contribution < 1.29 is 9.47 Å². The van der Waals surface area contributed by atoms with Crippen molar-refractivity contribution in [1.82, 2.24) is 15.1 Å². The van der Waals surface area contributed by atoms with E-state index in [0.717, 1.165) is 38.3 Å². The van der Waals surface area contributed by atoms with Crippen molar-refractivity contribution in [2.75, 3.05) is 26.4 Å². The third-order valence-corrected chi connectivity index (χ3v) is 3.13. The van der Waals surface area contributed by atoms with Crippen LogP contribution in [0.25, 0.3) is 0 Å². The number of nitrogens with zero attached hydrogens (tertiary/aromatic N) is 2. The van der Waals surface area contributed by atoms with Gasteiger partial charge in [0, 0.05) is 31.8 Å².